The summed E-state index contributed by atoms with van der Waals surface area (Å²) < 4.78 is 18.6. The van der Waals surface area contributed by atoms with Crippen LogP contribution >= 0.6 is 0 Å². The van der Waals surface area contributed by atoms with Gasteiger partial charge in [0.15, 0.2) is 0 Å². The van der Waals surface area contributed by atoms with Crippen molar-refractivity contribution in [1.82, 2.24) is 9.55 Å². The Morgan fingerprint density at radius 1 is 1.22 bits per heavy atom. The predicted molar refractivity (Wildman–Crippen MR) is 143 cm³/mol. The molecule has 1 aliphatic heterocycles. The molecule has 0 saturated carbocycles. The number of carbonyl (C=O) groups excluding carboxylic acids is 2. The normalized spacial score (nSPS) is 17.8. The summed E-state index contributed by atoms with van der Waals surface area (Å²) in [6.45, 7) is 12.3. The summed E-state index contributed by atoms with van der Waals surface area (Å²) in [4.78, 5) is 32.7. The van der Waals surface area contributed by atoms with Gasteiger partial charge in [-0.25, -0.2) is 0 Å². The van der Waals surface area contributed by atoms with Crippen molar-refractivity contribution in [2.75, 3.05) is 11.3 Å². The molecule has 190 valence electrons. The standard InChI is InChI=1S/C25H35B2N3O5Si/c1-25(2,3)36(5,6)30-22(24(32)35-16-18-10-8-7-9-11-18)20(23(30)31)14-19-12-13-28-21(15-19)29(17-26-33)27(4)34/h7-13,15,20,22,34H,14,16-17H2,1-6H3/t20-,22+/m1/s1. The van der Waals surface area contributed by atoms with Crippen LogP contribution in [0.4, 0.5) is 5.82 Å². The maximum absolute atomic E-state index is 13.5. The van der Waals surface area contributed by atoms with E-state index in [9.17, 15) is 19.3 Å². The summed E-state index contributed by atoms with van der Waals surface area (Å²) in [5.41, 5.74) is 1.68. The number of benzene rings is 1. The van der Waals surface area contributed by atoms with E-state index in [-0.39, 0.29) is 24.0 Å². The first-order chi connectivity index (χ1) is 16.9. The first kappa shape index (κ1) is 27.8. The SMILES string of the molecule is CB(O)N(CB=O)c1cc(C[C@H]2C(=O)N([Si](C)(C)C(C)(C)C)[C@@H]2C(=O)OCc2ccccc2)ccn1. The molecule has 1 N–H and O–H groups in total. The number of hydrogen-bond donors (Lipinski definition) is 1. The molecule has 1 saturated heterocycles. The molecule has 36 heavy (non-hydrogen) atoms. The van der Waals surface area contributed by atoms with Gasteiger partial charge in [-0.2, -0.15) is 0 Å². The third kappa shape index (κ3) is 5.78. The zero-order valence-electron chi connectivity index (χ0n) is 22.0. The fourth-order valence-electron chi connectivity index (χ4n) is 4.33. The van der Waals surface area contributed by atoms with Crippen molar-refractivity contribution >= 4 is 40.1 Å². The zero-order valence-corrected chi connectivity index (χ0v) is 23.0. The third-order valence-corrected chi connectivity index (χ3v) is 12.8. The van der Waals surface area contributed by atoms with Gasteiger partial charge in [0.25, 0.3) is 0 Å². The van der Waals surface area contributed by atoms with Crippen LogP contribution in [0.25, 0.3) is 0 Å². The molecule has 1 aromatic carbocycles. The number of anilines is 1. The van der Waals surface area contributed by atoms with Crippen LogP contribution in [0.2, 0.25) is 25.0 Å². The number of esters is 1. The molecule has 1 fully saturated rings. The summed E-state index contributed by atoms with van der Waals surface area (Å²) in [7, 11) is -2.55. The van der Waals surface area contributed by atoms with Crippen LogP contribution in [-0.2, 0) is 32.1 Å². The molecule has 0 spiro atoms. The summed E-state index contributed by atoms with van der Waals surface area (Å²) in [5, 5.41) is 9.91. The van der Waals surface area contributed by atoms with Crippen LogP contribution in [0.15, 0.2) is 48.7 Å². The van der Waals surface area contributed by atoms with E-state index in [2.05, 4.69) is 38.8 Å². The van der Waals surface area contributed by atoms with Crippen LogP contribution in [0, 0.1) is 5.92 Å². The molecule has 1 amide bonds. The molecule has 8 nitrogen and oxygen atoms in total. The predicted octanol–water partition coefficient (Wildman–Crippen LogP) is 3.12. The Bertz CT molecular complexity index is 1090. The average Bonchev–Trinajstić information content (AvgIpc) is 2.82. The van der Waals surface area contributed by atoms with Gasteiger partial charge in [-0.15, -0.1) is 0 Å². The molecule has 2 aromatic rings. The van der Waals surface area contributed by atoms with E-state index >= 15 is 0 Å². The number of nitrogens with zero attached hydrogens (tertiary/aromatic N) is 3. The van der Waals surface area contributed by atoms with E-state index in [4.69, 9.17) is 4.74 Å². The Balaban J connectivity index is 1.87. The molecule has 0 aliphatic carbocycles. The van der Waals surface area contributed by atoms with E-state index in [1.54, 1.807) is 25.2 Å². The number of ether oxygens (including phenoxy) is 1. The summed E-state index contributed by atoms with van der Waals surface area (Å²) in [5.74, 6) is -0.550. The van der Waals surface area contributed by atoms with Crippen LogP contribution in [0.5, 0.6) is 0 Å². The van der Waals surface area contributed by atoms with E-state index < -0.39 is 33.2 Å². The molecular weight excluding hydrogens is 472 g/mol. The number of carbonyl (C=O) groups is 2. The van der Waals surface area contributed by atoms with Gasteiger partial charge >= 0.3 is 185 Å². The topological polar surface area (TPSA) is 100 Å². The van der Waals surface area contributed by atoms with Crippen LogP contribution in [0.1, 0.15) is 31.9 Å². The average molecular weight is 507 g/mol. The van der Waals surface area contributed by atoms with Crippen molar-refractivity contribution in [3.05, 3.63) is 59.8 Å². The van der Waals surface area contributed by atoms with Gasteiger partial charge in [-0.1, -0.05) is 30.3 Å². The second kappa shape index (κ2) is 11.1. The Morgan fingerprint density at radius 2 is 1.89 bits per heavy atom. The van der Waals surface area contributed by atoms with Crippen LogP contribution in [-0.4, -0.2) is 61.4 Å². The first-order valence-corrected chi connectivity index (χ1v) is 15.2. The van der Waals surface area contributed by atoms with E-state index in [0.29, 0.717) is 19.4 Å². The molecule has 0 bridgehead atoms. The summed E-state index contributed by atoms with van der Waals surface area (Å²) in [6.07, 6.45) is 1.91. The van der Waals surface area contributed by atoms with E-state index in [1.807, 2.05) is 34.9 Å². The number of aromatic nitrogens is 1. The first-order valence-electron chi connectivity index (χ1n) is 12.3. The number of rotatable bonds is 10. The van der Waals surface area contributed by atoms with Crippen molar-refractivity contribution in [2.45, 2.75) is 64.8 Å². The molecule has 3 rings (SSSR count). The maximum atomic E-state index is 13.5. The molecule has 0 unspecified atom stereocenters. The van der Waals surface area contributed by atoms with Gasteiger partial charge in [0, 0.05) is 0 Å². The minimum atomic E-state index is -2.34. The molecule has 2 atom stereocenters. The van der Waals surface area contributed by atoms with Crippen molar-refractivity contribution in [2.24, 2.45) is 5.92 Å². The van der Waals surface area contributed by atoms with Crippen molar-refractivity contribution < 1.29 is 24.1 Å². The molecule has 11 heteroatoms. The third-order valence-electron chi connectivity index (χ3n) is 7.40. The molecule has 0 radical (unpaired) electrons. The summed E-state index contributed by atoms with van der Waals surface area (Å²) in [6, 6.07) is 12.4. The Morgan fingerprint density at radius 3 is 2.47 bits per heavy atom. The number of pyridine rings is 1. The minimum absolute atomic E-state index is 0.00986. The Hall–Kier alpha value is -2.78. The van der Waals surface area contributed by atoms with Gasteiger partial charge in [-0.05, 0) is 0 Å². The zero-order chi connectivity index (χ0) is 26.7. The van der Waals surface area contributed by atoms with Gasteiger partial charge in [0.05, 0.1) is 0 Å². The van der Waals surface area contributed by atoms with Gasteiger partial charge in [-0.3, -0.25) is 0 Å². The molecule has 1 aliphatic rings. The number of β-lactam (4-membered cyclic amide) rings is 1. The van der Waals surface area contributed by atoms with Crippen molar-refractivity contribution in [3.8, 4) is 0 Å². The van der Waals surface area contributed by atoms with E-state index in [1.165, 1.54) is 4.81 Å². The molecule has 1 aromatic heterocycles. The van der Waals surface area contributed by atoms with Gasteiger partial charge in [0.2, 0.25) is 0 Å². The number of hydrogen-bond acceptors (Lipinski definition) is 7. The van der Waals surface area contributed by atoms with Crippen LogP contribution < -0.4 is 4.81 Å². The monoisotopic (exact) mass is 507 g/mol. The van der Waals surface area contributed by atoms with E-state index in [0.717, 1.165) is 11.1 Å². The quantitative estimate of drug-likeness (QED) is 0.300. The van der Waals surface area contributed by atoms with Gasteiger partial charge in [0.1, 0.15) is 0 Å². The Kier molecular flexibility index (Phi) is 8.56. The van der Waals surface area contributed by atoms with Gasteiger partial charge < -0.3 is 0 Å². The fraction of sp³-hybridized carbons (Fsp3) is 0.480. The Labute approximate surface area is 215 Å². The van der Waals surface area contributed by atoms with Crippen molar-refractivity contribution in [1.29, 1.82) is 0 Å². The molecule has 2 heterocycles. The second-order valence-electron chi connectivity index (χ2n) is 10.8. The molecular formula is C25H35B2N3O5Si. The summed E-state index contributed by atoms with van der Waals surface area (Å²) >= 11 is 0. The van der Waals surface area contributed by atoms with Crippen LogP contribution in [0.3, 0.4) is 0 Å². The second-order valence-corrected chi connectivity index (χ2v) is 15.9. The fourth-order valence-corrected chi connectivity index (χ4v) is 6.75. The number of amides is 1. The van der Waals surface area contributed by atoms with Crippen molar-refractivity contribution in [3.63, 3.8) is 0 Å².